The maximum Gasteiger partial charge on any atom is 0.311 e. The second-order valence-electron chi connectivity index (χ2n) is 5.20. The van der Waals surface area contributed by atoms with Gasteiger partial charge in [-0.1, -0.05) is 17.7 Å². The topological polar surface area (TPSA) is 88.8 Å². The Morgan fingerprint density at radius 2 is 1.91 bits per heavy atom. The Labute approximate surface area is 134 Å². The van der Waals surface area contributed by atoms with Crippen LogP contribution >= 0.6 is 0 Å². The van der Waals surface area contributed by atoms with Crippen molar-refractivity contribution in [1.29, 1.82) is 0 Å². The van der Waals surface area contributed by atoms with Crippen LogP contribution in [0, 0.1) is 13.8 Å². The minimum absolute atomic E-state index is 0.159. The lowest BCUT2D eigenvalue weighted by molar-refractivity contribution is -0.136. The number of ether oxygens (including phenoxy) is 1. The van der Waals surface area contributed by atoms with Gasteiger partial charge in [0.15, 0.2) is 0 Å². The number of furan rings is 1. The number of aliphatic carboxylic acids is 1. The zero-order valence-corrected chi connectivity index (χ0v) is 13.1. The van der Waals surface area contributed by atoms with Crippen LogP contribution in [0.5, 0.6) is 5.75 Å². The summed E-state index contributed by atoms with van der Waals surface area (Å²) in [6, 6.07) is 7.62. The maximum atomic E-state index is 12.2. The number of carbonyl (C=O) groups excluding carboxylic acids is 1. The lowest BCUT2D eigenvalue weighted by atomic mass is 10.1. The third-order valence-electron chi connectivity index (χ3n) is 3.27. The predicted molar refractivity (Wildman–Crippen MR) is 83.8 cm³/mol. The van der Waals surface area contributed by atoms with Crippen LogP contribution in [0.25, 0.3) is 0 Å². The van der Waals surface area contributed by atoms with Gasteiger partial charge in [-0.3, -0.25) is 9.59 Å². The molecule has 0 fully saturated rings. The second-order valence-corrected chi connectivity index (χ2v) is 5.20. The molecule has 0 atom stereocenters. The fraction of sp³-hybridized carbons (Fsp3) is 0.294. The molecule has 6 heteroatoms. The van der Waals surface area contributed by atoms with E-state index in [1.165, 1.54) is 6.26 Å². The van der Waals surface area contributed by atoms with Crippen LogP contribution in [0.2, 0.25) is 0 Å². The molecule has 0 spiro atoms. The molecule has 0 aliphatic heterocycles. The summed E-state index contributed by atoms with van der Waals surface area (Å²) in [5, 5.41) is 11.5. The molecule has 1 aromatic carbocycles. The highest BCUT2D eigenvalue weighted by molar-refractivity contribution is 5.97. The highest BCUT2D eigenvalue weighted by Gasteiger charge is 2.20. The lowest BCUT2D eigenvalue weighted by Crippen LogP contribution is -2.29. The summed E-state index contributed by atoms with van der Waals surface area (Å²) in [5.41, 5.74) is 2.04. The number of hydrogen-bond donors (Lipinski definition) is 2. The fourth-order valence-corrected chi connectivity index (χ4v) is 2.13. The van der Waals surface area contributed by atoms with Gasteiger partial charge in [-0.2, -0.15) is 0 Å². The van der Waals surface area contributed by atoms with E-state index < -0.39 is 5.97 Å². The molecule has 1 amide bonds. The van der Waals surface area contributed by atoms with Gasteiger partial charge in [-0.05, 0) is 26.0 Å². The standard InChI is InChI=1S/C17H19NO5/c1-11-3-5-13(6-4-11)22-8-7-18-17(21)16-12(2)10-23-14(16)9-15(19)20/h3-6,10H,7-9H2,1-2H3,(H,18,21)(H,19,20). The lowest BCUT2D eigenvalue weighted by Gasteiger charge is -2.08. The molecule has 2 aromatic rings. The van der Waals surface area contributed by atoms with Crippen LogP contribution in [0.4, 0.5) is 0 Å². The van der Waals surface area contributed by atoms with Gasteiger partial charge < -0.3 is 19.6 Å². The number of hydrogen-bond acceptors (Lipinski definition) is 4. The maximum absolute atomic E-state index is 12.2. The summed E-state index contributed by atoms with van der Waals surface area (Å²) in [6.07, 6.45) is 1.06. The summed E-state index contributed by atoms with van der Waals surface area (Å²) in [6.45, 7) is 4.32. The number of carboxylic acids is 1. The second kappa shape index (κ2) is 7.49. The third kappa shape index (κ3) is 4.60. The predicted octanol–water partition coefficient (Wildman–Crippen LogP) is 2.33. The Morgan fingerprint density at radius 1 is 1.22 bits per heavy atom. The molecule has 0 aliphatic rings. The number of benzene rings is 1. The minimum Gasteiger partial charge on any atom is -0.492 e. The summed E-state index contributed by atoms with van der Waals surface area (Å²) in [4.78, 5) is 22.9. The molecule has 0 saturated carbocycles. The molecule has 2 rings (SSSR count). The first-order valence-corrected chi connectivity index (χ1v) is 7.24. The molecule has 0 unspecified atom stereocenters. The van der Waals surface area contributed by atoms with Crippen molar-refractivity contribution in [2.24, 2.45) is 0 Å². The number of rotatable bonds is 7. The average molecular weight is 317 g/mol. The van der Waals surface area contributed by atoms with Crippen molar-refractivity contribution in [3.8, 4) is 5.75 Å². The molecule has 122 valence electrons. The van der Waals surface area contributed by atoms with Crippen molar-refractivity contribution in [3.63, 3.8) is 0 Å². The van der Waals surface area contributed by atoms with E-state index in [9.17, 15) is 9.59 Å². The van der Waals surface area contributed by atoms with Gasteiger partial charge in [0.2, 0.25) is 0 Å². The van der Waals surface area contributed by atoms with Crippen molar-refractivity contribution in [2.75, 3.05) is 13.2 Å². The zero-order valence-electron chi connectivity index (χ0n) is 13.1. The van der Waals surface area contributed by atoms with Gasteiger partial charge in [-0.15, -0.1) is 0 Å². The zero-order chi connectivity index (χ0) is 16.8. The smallest absolute Gasteiger partial charge is 0.311 e. The Kier molecular flexibility index (Phi) is 5.41. The average Bonchev–Trinajstić information content (AvgIpc) is 2.85. The Balaban J connectivity index is 1.86. The van der Waals surface area contributed by atoms with Crippen molar-refractivity contribution in [2.45, 2.75) is 20.3 Å². The van der Waals surface area contributed by atoms with Crippen LogP contribution in [0.1, 0.15) is 27.2 Å². The number of carboxylic acid groups (broad SMARTS) is 1. The van der Waals surface area contributed by atoms with E-state index in [-0.39, 0.29) is 23.7 Å². The first-order chi connectivity index (χ1) is 11.0. The normalized spacial score (nSPS) is 10.3. The quantitative estimate of drug-likeness (QED) is 0.765. The first kappa shape index (κ1) is 16.6. The van der Waals surface area contributed by atoms with Gasteiger partial charge in [0.25, 0.3) is 5.91 Å². The SMILES string of the molecule is Cc1ccc(OCCNC(=O)c2c(C)coc2CC(=O)O)cc1. The number of nitrogens with one attached hydrogen (secondary N) is 1. The Bertz CT molecular complexity index is 688. The largest absolute Gasteiger partial charge is 0.492 e. The van der Waals surface area contributed by atoms with E-state index in [1.54, 1.807) is 6.92 Å². The molecule has 2 N–H and O–H groups in total. The van der Waals surface area contributed by atoms with Gasteiger partial charge >= 0.3 is 5.97 Å². The molecule has 0 saturated heterocycles. The molecule has 23 heavy (non-hydrogen) atoms. The Morgan fingerprint density at radius 3 is 2.57 bits per heavy atom. The number of aryl methyl sites for hydroxylation is 2. The van der Waals surface area contributed by atoms with Crippen molar-refractivity contribution < 1.29 is 23.8 Å². The van der Waals surface area contributed by atoms with E-state index in [1.807, 2.05) is 31.2 Å². The molecule has 1 heterocycles. The van der Waals surface area contributed by atoms with Crippen LogP contribution in [-0.4, -0.2) is 30.1 Å². The van der Waals surface area contributed by atoms with Crippen molar-refractivity contribution in [1.82, 2.24) is 5.32 Å². The molecule has 0 radical (unpaired) electrons. The van der Waals surface area contributed by atoms with E-state index in [4.69, 9.17) is 14.3 Å². The molecular formula is C17H19NO5. The van der Waals surface area contributed by atoms with E-state index in [0.717, 1.165) is 11.3 Å². The Hall–Kier alpha value is -2.76. The van der Waals surface area contributed by atoms with E-state index in [0.29, 0.717) is 18.7 Å². The van der Waals surface area contributed by atoms with E-state index in [2.05, 4.69) is 5.32 Å². The van der Waals surface area contributed by atoms with Gasteiger partial charge in [0.1, 0.15) is 24.5 Å². The number of amides is 1. The minimum atomic E-state index is -1.05. The summed E-state index contributed by atoms with van der Waals surface area (Å²) < 4.78 is 10.7. The van der Waals surface area contributed by atoms with Crippen LogP contribution in [0.3, 0.4) is 0 Å². The van der Waals surface area contributed by atoms with Gasteiger partial charge in [-0.25, -0.2) is 0 Å². The molecule has 0 aliphatic carbocycles. The van der Waals surface area contributed by atoms with E-state index >= 15 is 0 Å². The van der Waals surface area contributed by atoms with Crippen molar-refractivity contribution >= 4 is 11.9 Å². The molecular weight excluding hydrogens is 298 g/mol. The third-order valence-corrected chi connectivity index (χ3v) is 3.27. The van der Waals surface area contributed by atoms with Crippen LogP contribution in [0.15, 0.2) is 34.9 Å². The summed E-state index contributed by atoms with van der Waals surface area (Å²) in [7, 11) is 0. The van der Waals surface area contributed by atoms with Crippen LogP contribution in [-0.2, 0) is 11.2 Å². The summed E-state index contributed by atoms with van der Waals surface area (Å²) in [5.74, 6) is -0.515. The van der Waals surface area contributed by atoms with Crippen LogP contribution < -0.4 is 10.1 Å². The highest BCUT2D eigenvalue weighted by atomic mass is 16.5. The molecule has 6 nitrogen and oxygen atoms in total. The summed E-state index contributed by atoms with van der Waals surface area (Å²) >= 11 is 0. The first-order valence-electron chi connectivity index (χ1n) is 7.24. The highest BCUT2D eigenvalue weighted by Crippen LogP contribution is 2.17. The number of carbonyl (C=O) groups is 2. The van der Waals surface area contributed by atoms with Gasteiger partial charge in [0.05, 0.1) is 18.4 Å². The van der Waals surface area contributed by atoms with Gasteiger partial charge in [0, 0.05) is 5.56 Å². The molecule has 0 bridgehead atoms. The van der Waals surface area contributed by atoms with Crippen molar-refractivity contribution in [3.05, 3.63) is 53.0 Å². The molecule has 1 aromatic heterocycles. The monoisotopic (exact) mass is 317 g/mol. The fourth-order valence-electron chi connectivity index (χ4n) is 2.13.